The highest BCUT2D eigenvalue weighted by atomic mass is 28.5. The normalized spacial score (nSPS) is 12.5. The number of rotatable bonds is 28. The van der Waals surface area contributed by atoms with E-state index in [1.54, 1.807) is 27.7 Å². The van der Waals surface area contributed by atoms with Crippen LogP contribution in [0.1, 0.15) is 53.4 Å². The number of esters is 4. The molecular formula is C36H68O12Si5. The fourth-order valence-corrected chi connectivity index (χ4v) is 24.5. The molecule has 0 aromatic carbocycles. The van der Waals surface area contributed by atoms with Crippen molar-refractivity contribution in [3.63, 3.8) is 0 Å². The summed E-state index contributed by atoms with van der Waals surface area (Å²) in [6.07, 6.45) is 2.28. The third kappa shape index (κ3) is 23.3. The van der Waals surface area contributed by atoms with Crippen LogP contribution in [0, 0.1) is 0 Å². The lowest BCUT2D eigenvalue weighted by Crippen LogP contribution is -2.66. The first-order valence-corrected chi connectivity index (χ1v) is 32.3. The molecule has 0 heterocycles. The Bertz CT molecular complexity index is 1110. The molecule has 0 aliphatic heterocycles. The minimum Gasteiger partial charge on any atom is -0.462 e. The minimum absolute atomic E-state index is 0.220. The second kappa shape index (κ2) is 23.0. The first-order valence-electron chi connectivity index (χ1n) is 18.2. The summed E-state index contributed by atoms with van der Waals surface area (Å²) in [5.74, 6) is -1.74. The lowest BCUT2D eigenvalue weighted by molar-refractivity contribution is -0.139. The van der Waals surface area contributed by atoms with Crippen molar-refractivity contribution >= 4 is 66.2 Å². The predicted molar refractivity (Wildman–Crippen MR) is 221 cm³/mol. The van der Waals surface area contributed by atoms with Gasteiger partial charge in [-0.1, -0.05) is 26.3 Å². The molecule has 0 aromatic heterocycles. The zero-order valence-electron chi connectivity index (χ0n) is 34.7. The zero-order chi connectivity index (χ0) is 41.3. The van der Waals surface area contributed by atoms with Gasteiger partial charge in [-0.25, -0.2) is 19.2 Å². The number of hydrogen-bond donors (Lipinski definition) is 0. The van der Waals surface area contributed by atoms with Crippen molar-refractivity contribution in [3.05, 3.63) is 48.6 Å². The SMILES string of the molecule is C=C(C)C(=O)OCCC[Si](C)(C)O[Si](O[Si](C)(C)CCCOC(=O)C(=C)C)(O[Si](C)(C)CCCOC(=O)C(=C)C)O[Si](C)(C)CCCOC(=O)C(=C)C. The van der Waals surface area contributed by atoms with Crippen LogP contribution >= 0.6 is 0 Å². The average Bonchev–Trinajstić information content (AvgIpc) is 2.99. The Kier molecular flexibility index (Phi) is 22.0. The molecule has 0 rings (SSSR count). The minimum atomic E-state index is -3.98. The lowest BCUT2D eigenvalue weighted by Gasteiger charge is -2.46. The summed E-state index contributed by atoms with van der Waals surface area (Å²) in [4.78, 5) is 48.1. The molecular weight excluding hydrogens is 765 g/mol. The molecule has 0 unspecified atom stereocenters. The van der Waals surface area contributed by atoms with E-state index >= 15 is 0 Å². The number of carbonyl (C=O) groups excluding carboxylic acids is 4. The Balaban J connectivity index is 6.63. The van der Waals surface area contributed by atoms with E-state index in [0.717, 1.165) is 0 Å². The number of carbonyl (C=O) groups is 4. The highest BCUT2D eigenvalue weighted by Crippen LogP contribution is 2.35. The molecule has 0 aliphatic rings. The van der Waals surface area contributed by atoms with Crippen LogP contribution < -0.4 is 0 Å². The summed E-state index contributed by atoms with van der Waals surface area (Å²) in [5, 5.41) is 0. The Morgan fingerprint density at radius 3 is 0.698 bits per heavy atom. The summed E-state index contributed by atoms with van der Waals surface area (Å²) in [5.41, 5.74) is 1.35. The highest BCUT2D eigenvalue weighted by Gasteiger charge is 2.58. The predicted octanol–water partition coefficient (Wildman–Crippen LogP) is 8.35. The third-order valence-electron chi connectivity index (χ3n) is 7.62. The summed E-state index contributed by atoms with van der Waals surface area (Å²) in [6.45, 7) is 38.6. The van der Waals surface area contributed by atoms with Gasteiger partial charge in [-0.2, -0.15) is 0 Å². The van der Waals surface area contributed by atoms with Crippen LogP contribution in [0.5, 0.6) is 0 Å². The van der Waals surface area contributed by atoms with Gasteiger partial charge in [0.05, 0.1) is 26.4 Å². The molecule has 12 nitrogen and oxygen atoms in total. The van der Waals surface area contributed by atoms with Crippen molar-refractivity contribution < 1.29 is 54.6 Å². The highest BCUT2D eigenvalue weighted by molar-refractivity contribution is 6.92. The Labute approximate surface area is 324 Å². The Morgan fingerprint density at radius 2 is 0.547 bits per heavy atom. The smallest absolute Gasteiger partial charge is 0.462 e. The molecule has 17 heteroatoms. The molecule has 304 valence electrons. The van der Waals surface area contributed by atoms with Gasteiger partial charge in [0.1, 0.15) is 0 Å². The number of ether oxygens (including phenoxy) is 4. The quantitative estimate of drug-likeness (QED) is 0.0246. The first kappa shape index (κ1) is 50.8. The van der Waals surface area contributed by atoms with Gasteiger partial charge >= 0.3 is 32.9 Å². The van der Waals surface area contributed by atoms with E-state index in [4.69, 9.17) is 35.4 Å². The van der Waals surface area contributed by atoms with Gasteiger partial charge in [-0.05, 0) is 130 Å². The molecule has 0 amide bonds. The van der Waals surface area contributed by atoms with Crippen molar-refractivity contribution in [2.24, 2.45) is 0 Å². The monoisotopic (exact) mass is 832 g/mol. The van der Waals surface area contributed by atoms with Crippen LogP contribution in [0.4, 0.5) is 0 Å². The first-order chi connectivity index (χ1) is 24.1. The maximum Gasteiger partial charge on any atom is 0.636 e. The summed E-state index contributed by atoms with van der Waals surface area (Å²) in [6, 6.07) is 2.55. The average molecular weight is 833 g/mol. The van der Waals surface area contributed by atoms with Gasteiger partial charge in [0.15, 0.2) is 33.3 Å². The molecule has 0 atom stereocenters. The van der Waals surface area contributed by atoms with Crippen LogP contribution in [-0.4, -0.2) is 92.6 Å². The zero-order valence-corrected chi connectivity index (χ0v) is 39.7. The molecule has 53 heavy (non-hydrogen) atoms. The van der Waals surface area contributed by atoms with Gasteiger partial charge in [0, 0.05) is 22.3 Å². The topological polar surface area (TPSA) is 142 Å². The van der Waals surface area contributed by atoms with Crippen molar-refractivity contribution in [2.45, 2.75) is 130 Å². The Morgan fingerprint density at radius 1 is 0.377 bits per heavy atom. The maximum absolute atomic E-state index is 12.0. The molecule has 0 aromatic rings. The molecule has 0 N–H and O–H groups in total. The van der Waals surface area contributed by atoms with Crippen molar-refractivity contribution in [2.75, 3.05) is 26.4 Å². The number of hydrogen-bond acceptors (Lipinski definition) is 12. The van der Waals surface area contributed by atoms with Crippen LogP contribution in [-0.2, 0) is 54.6 Å². The molecule has 0 spiro atoms. The maximum atomic E-state index is 12.0. The van der Waals surface area contributed by atoms with Crippen LogP contribution in [0.15, 0.2) is 48.6 Å². The van der Waals surface area contributed by atoms with Crippen LogP contribution in [0.2, 0.25) is 76.6 Å². The van der Waals surface area contributed by atoms with Crippen LogP contribution in [0.25, 0.3) is 0 Å². The van der Waals surface area contributed by atoms with Crippen molar-refractivity contribution in [1.29, 1.82) is 0 Å². The standard InChI is InChI=1S/C36H68O12Si5/c1-29(2)33(37)41-21-17-25-49(9,10)45-53(46-50(11,12)26-18-22-42-34(38)30(3)4,47-51(13,14)27-19-23-43-35(39)31(5)6)48-52(15,16)28-20-24-44-36(40)32(7)8/h1,3,5,7,17-28H2,2,4,6,8-16H3. The molecule has 0 radical (unpaired) electrons. The van der Waals surface area contributed by atoms with E-state index in [1.807, 2.05) is 0 Å². The van der Waals surface area contributed by atoms with E-state index in [2.05, 4.69) is 78.7 Å². The van der Waals surface area contributed by atoms with Gasteiger partial charge in [-0.15, -0.1) is 0 Å². The van der Waals surface area contributed by atoms with E-state index in [0.29, 0.717) is 72.2 Å². The van der Waals surface area contributed by atoms with Gasteiger partial charge in [0.2, 0.25) is 0 Å². The molecule has 0 saturated heterocycles. The lowest BCUT2D eigenvalue weighted by atomic mass is 10.4. The van der Waals surface area contributed by atoms with E-state index in [9.17, 15) is 19.2 Å². The molecule has 0 fully saturated rings. The molecule has 0 aliphatic carbocycles. The van der Waals surface area contributed by atoms with E-state index in [1.165, 1.54) is 0 Å². The van der Waals surface area contributed by atoms with Crippen molar-refractivity contribution in [3.8, 4) is 0 Å². The summed E-state index contributed by atoms with van der Waals surface area (Å²) in [7, 11) is -14.5. The largest absolute Gasteiger partial charge is 0.636 e. The summed E-state index contributed by atoms with van der Waals surface area (Å²) >= 11 is 0. The summed E-state index contributed by atoms with van der Waals surface area (Å²) < 4.78 is 50.2. The van der Waals surface area contributed by atoms with Crippen LogP contribution in [0.3, 0.4) is 0 Å². The Hall–Kier alpha value is -2.24. The molecule has 0 bridgehead atoms. The second-order valence-electron chi connectivity index (χ2n) is 16.0. The van der Waals surface area contributed by atoms with Crippen molar-refractivity contribution in [1.82, 2.24) is 0 Å². The van der Waals surface area contributed by atoms with Gasteiger partial charge in [-0.3, -0.25) is 0 Å². The second-order valence-corrected chi connectivity index (χ2v) is 36.4. The van der Waals surface area contributed by atoms with Gasteiger partial charge < -0.3 is 35.4 Å². The van der Waals surface area contributed by atoms with Gasteiger partial charge in [0.25, 0.3) is 0 Å². The van der Waals surface area contributed by atoms with E-state index in [-0.39, 0.29) is 26.4 Å². The fraction of sp³-hybridized carbons (Fsp3) is 0.667. The fourth-order valence-electron chi connectivity index (χ4n) is 4.83. The third-order valence-corrected chi connectivity index (χ3v) is 26.7. The van der Waals surface area contributed by atoms with E-state index < -0.39 is 66.2 Å². The molecule has 0 saturated carbocycles.